The van der Waals surface area contributed by atoms with E-state index in [9.17, 15) is 13.2 Å². The number of halogens is 3. The first-order valence-corrected chi connectivity index (χ1v) is 8.19. The summed E-state index contributed by atoms with van der Waals surface area (Å²) in [4.78, 5) is 2.16. The SMILES string of the molecule is CSc1ccc(Oc2ccccc2CN(C)C)cc1C(F)(F)F. The van der Waals surface area contributed by atoms with Crippen LogP contribution >= 0.6 is 11.8 Å². The minimum Gasteiger partial charge on any atom is -0.457 e. The van der Waals surface area contributed by atoms with E-state index in [-0.39, 0.29) is 10.6 Å². The largest absolute Gasteiger partial charge is 0.457 e. The Kier molecular flexibility index (Phi) is 5.59. The highest BCUT2D eigenvalue weighted by atomic mass is 32.2. The minimum atomic E-state index is -4.40. The molecule has 0 unspecified atom stereocenters. The molecule has 0 atom stereocenters. The Morgan fingerprint density at radius 1 is 1.09 bits per heavy atom. The summed E-state index contributed by atoms with van der Waals surface area (Å²) >= 11 is 1.07. The van der Waals surface area contributed by atoms with Crippen molar-refractivity contribution in [1.29, 1.82) is 0 Å². The van der Waals surface area contributed by atoms with Crippen LogP contribution in [-0.4, -0.2) is 25.3 Å². The fourth-order valence-corrected chi connectivity index (χ4v) is 2.77. The molecule has 124 valence electrons. The van der Waals surface area contributed by atoms with Crippen molar-refractivity contribution in [3.8, 4) is 11.5 Å². The van der Waals surface area contributed by atoms with Crippen LogP contribution in [0, 0.1) is 0 Å². The number of ether oxygens (including phenoxy) is 1. The van der Waals surface area contributed by atoms with Crippen LogP contribution in [0.3, 0.4) is 0 Å². The molecule has 0 aliphatic heterocycles. The molecule has 0 N–H and O–H groups in total. The first-order chi connectivity index (χ1) is 10.8. The van der Waals surface area contributed by atoms with Gasteiger partial charge in [-0.15, -0.1) is 11.8 Å². The van der Waals surface area contributed by atoms with E-state index in [1.165, 1.54) is 6.07 Å². The highest BCUT2D eigenvalue weighted by Gasteiger charge is 2.33. The summed E-state index contributed by atoms with van der Waals surface area (Å²) in [5.41, 5.74) is 0.243. The number of nitrogens with zero attached hydrogens (tertiary/aromatic N) is 1. The summed E-state index contributed by atoms with van der Waals surface area (Å²) in [6, 6.07) is 11.4. The van der Waals surface area contributed by atoms with Gasteiger partial charge in [0.1, 0.15) is 11.5 Å². The molecule has 0 fully saturated rings. The van der Waals surface area contributed by atoms with Gasteiger partial charge in [0.25, 0.3) is 0 Å². The van der Waals surface area contributed by atoms with Crippen LogP contribution < -0.4 is 4.74 Å². The lowest BCUT2D eigenvalue weighted by Crippen LogP contribution is -2.11. The van der Waals surface area contributed by atoms with E-state index in [1.807, 2.05) is 31.1 Å². The van der Waals surface area contributed by atoms with Crippen molar-refractivity contribution in [2.45, 2.75) is 17.6 Å². The Morgan fingerprint density at radius 2 is 1.78 bits per heavy atom. The third kappa shape index (κ3) is 4.65. The average molecular weight is 341 g/mol. The fraction of sp³-hybridized carbons (Fsp3) is 0.294. The van der Waals surface area contributed by atoms with Crippen LogP contribution in [-0.2, 0) is 12.7 Å². The van der Waals surface area contributed by atoms with E-state index in [2.05, 4.69) is 0 Å². The first kappa shape index (κ1) is 17.7. The van der Waals surface area contributed by atoms with Gasteiger partial charge in [0.05, 0.1) is 5.56 Å². The molecule has 0 radical (unpaired) electrons. The topological polar surface area (TPSA) is 12.5 Å². The summed E-state index contributed by atoms with van der Waals surface area (Å²) in [5.74, 6) is 0.743. The second-order valence-electron chi connectivity index (χ2n) is 5.31. The highest BCUT2D eigenvalue weighted by molar-refractivity contribution is 7.98. The van der Waals surface area contributed by atoms with Crippen LogP contribution in [0.5, 0.6) is 11.5 Å². The third-order valence-corrected chi connectivity index (χ3v) is 3.96. The zero-order valence-electron chi connectivity index (χ0n) is 13.1. The Hall–Kier alpha value is -1.66. The highest BCUT2D eigenvalue weighted by Crippen LogP contribution is 2.39. The zero-order valence-corrected chi connectivity index (χ0v) is 14.0. The Bertz CT molecular complexity index is 671. The summed E-state index contributed by atoms with van der Waals surface area (Å²) in [5, 5.41) is 0. The number of rotatable bonds is 5. The maximum atomic E-state index is 13.1. The van der Waals surface area contributed by atoms with E-state index in [1.54, 1.807) is 24.5 Å². The molecule has 2 rings (SSSR count). The molecular weight excluding hydrogens is 323 g/mol. The molecular formula is C17H18F3NOS. The number of thioether (sulfide) groups is 1. The number of benzene rings is 2. The molecule has 0 aliphatic carbocycles. The van der Waals surface area contributed by atoms with Crippen molar-refractivity contribution >= 4 is 11.8 Å². The van der Waals surface area contributed by atoms with Crippen molar-refractivity contribution in [3.05, 3.63) is 53.6 Å². The van der Waals surface area contributed by atoms with Gasteiger partial charge in [-0.3, -0.25) is 0 Å². The molecule has 0 aromatic heterocycles. The molecule has 2 aromatic rings. The molecule has 0 amide bonds. The van der Waals surface area contributed by atoms with Gasteiger partial charge in [-0.1, -0.05) is 18.2 Å². The van der Waals surface area contributed by atoms with Crippen LogP contribution in [0.25, 0.3) is 0 Å². The van der Waals surface area contributed by atoms with Crippen molar-refractivity contribution < 1.29 is 17.9 Å². The smallest absolute Gasteiger partial charge is 0.417 e. The molecule has 0 bridgehead atoms. The van der Waals surface area contributed by atoms with Gasteiger partial charge in [0.15, 0.2) is 0 Å². The van der Waals surface area contributed by atoms with Crippen LogP contribution in [0.4, 0.5) is 13.2 Å². The Balaban J connectivity index is 2.34. The second kappa shape index (κ2) is 7.27. The predicted octanol–water partition coefficient (Wildman–Crippen LogP) is 5.28. The zero-order chi connectivity index (χ0) is 17.0. The molecule has 0 aliphatic rings. The molecule has 6 heteroatoms. The molecule has 0 heterocycles. The Labute approximate surface area is 138 Å². The second-order valence-corrected chi connectivity index (χ2v) is 6.16. The van der Waals surface area contributed by atoms with Gasteiger partial charge in [0, 0.05) is 17.0 Å². The van der Waals surface area contributed by atoms with Gasteiger partial charge in [-0.05, 0) is 44.6 Å². The maximum Gasteiger partial charge on any atom is 0.417 e. The van der Waals surface area contributed by atoms with Gasteiger partial charge >= 0.3 is 6.18 Å². The van der Waals surface area contributed by atoms with Crippen molar-refractivity contribution in [2.75, 3.05) is 20.4 Å². The lowest BCUT2D eigenvalue weighted by molar-refractivity contribution is -0.139. The fourth-order valence-electron chi connectivity index (χ4n) is 2.17. The normalized spacial score (nSPS) is 11.8. The third-order valence-electron chi connectivity index (χ3n) is 3.16. The average Bonchev–Trinajstić information content (AvgIpc) is 2.48. The molecule has 0 spiro atoms. The Morgan fingerprint density at radius 3 is 2.39 bits per heavy atom. The predicted molar refractivity (Wildman–Crippen MR) is 87.1 cm³/mol. The summed E-state index contributed by atoms with van der Waals surface area (Å²) in [6.07, 6.45) is -2.78. The number of alkyl halides is 3. The quantitative estimate of drug-likeness (QED) is 0.687. The molecule has 0 saturated carbocycles. The van der Waals surface area contributed by atoms with E-state index in [0.717, 1.165) is 23.4 Å². The van der Waals surface area contributed by atoms with Crippen LogP contribution in [0.15, 0.2) is 47.4 Å². The lowest BCUT2D eigenvalue weighted by atomic mass is 10.2. The van der Waals surface area contributed by atoms with Gasteiger partial charge < -0.3 is 9.64 Å². The monoisotopic (exact) mass is 341 g/mol. The van der Waals surface area contributed by atoms with Crippen LogP contribution in [0.1, 0.15) is 11.1 Å². The van der Waals surface area contributed by atoms with E-state index >= 15 is 0 Å². The minimum absolute atomic E-state index is 0.182. The summed E-state index contributed by atoms with van der Waals surface area (Å²) in [6.45, 7) is 0.644. The van der Waals surface area contributed by atoms with Crippen LogP contribution in [0.2, 0.25) is 0 Å². The van der Waals surface area contributed by atoms with Gasteiger partial charge in [-0.25, -0.2) is 0 Å². The van der Waals surface area contributed by atoms with Crippen molar-refractivity contribution in [1.82, 2.24) is 4.90 Å². The first-order valence-electron chi connectivity index (χ1n) is 6.97. The van der Waals surface area contributed by atoms with Gasteiger partial charge in [0.2, 0.25) is 0 Å². The van der Waals surface area contributed by atoms with E-state index < -0.39 is 11.7 Å². The lowest BCUT2D eigenvalue weighted by Gasteiger charge is -2.16. The summed E-state index contributed by atoms with van der Waals surface area (Å²) in [7, 11) is 3.84. The standard InChI is InChI=1S/C17H18F3NOS/c1-21(2)11-12-6-4-5-7-15(12)22-13-8-9-16(23-3)14(10-13)17(18,19)20/h4-10H,11H2,1-3H3. The van der Waals surface area contributed by atoms with Gasteiger partial charge in [-0.2, -0.15) is 13.2 Å². The van der Waals surface area contributed by atoms with E-state index in [4.69, 9.17) is 4.74 Å². The number of para-hydroxylation sites is 1. The summed E-state index contributed by atoms with van der Waals surface area (Å²) < 4.78 is 45.1. The number of hydrogen-bond acceptors (Lipinski definition) is 3. The molecule has 23 heavy (non-hydrogen) atoms. The molecule has 2 nitrogen and oxygen atoms in total. The maximum absolute atomic E-state index is 13.1. The molecule has 2 aromatic carbocycles. The molecule has 0 saturated heterocycles. The van der Waals surface area contributed by atoms with Crippen molar-refractivity contribution in [2.24, 2.45) is 0 Å². The van der Waals surface area contributed by atoms with E-state index in [0.29, 0.717) is 12.3 Å². The number of hydrogen-bond donors (Lipinski definition) is 0. The van der Waals surface area contributed by atoms with Crippen molar-refractivity contribution in [3.63, 3.8) is 0 Å².